The third kappa shape index (κ3) is 9.13. The number of carboxylic acid groups (broad SMARTS) is 1. The van der Waals surface area contributed by atoms with Gasteiger partial charge in [0.1, 0.15) is 35.1 Å². The van der Waals surface area contributed by atoms with Gasteiger partial charge in [0.05, 0.1) is 59.2 Å². The van der Waals surface area contributed by atoms with Gasteiger partial charge >= 0.3 is 18.5 Å². The maximum Gasteiger partial charge on any atom is 0.573 e. The average Bonchev–Trinajstić information content (AvgIpc) is 3.93. The van der Waals surface area contributed by atoms with Crippen molar-refractivity contribution < 1.29 is 73.2 Å². The summed E-state index contributed by atoms with van der Waals surface area (Å²) in [5.41, 5.74) is 1.15. The standard InChI is InChI=1S/C21H17F4N3O5.C18H11F4N3O3/c1-28-15-3-2-11(16(30)10-31-5-4-29)6-13(15)26-19(28)9-20-27-14-7-12(22)17(8-18(14)32-20)33-21(23,24)25;1-25-13-3-2-8(17(26)27)4-11(13)23-15(25)7-16-24-12-6-10(19)9(18(20,21)22)5-14(12)28-16/h2-3,6-8,29H,4-5,9-10H2,1H3;2-6H,7H2,1H3,(H,26,27). The van der Waals surface area contributed by atoms with Gasteiger partial charge in [-0.05, 0) is 42.5 Å². The minimum absolute atomic E-state index is 0.0330. The average molecular weight is 861 g/mol. The number of rotatable bonds is 11. The Morgan fingerprint density at radius 1 is 0.705 bits per heavy atom. The van der Waals surface area contributed by atoms with Crippen molar-refractivity contribution in [3.63, 3.8) is 0 Å². The lowest BCUT2D eigenvalue weighted by atomic mass is 10.1. The maximum atomic E-state index is 13.9. The number of aromatic carboxylic acids is 1. The molecule has 0 aliphatic carbocycles. The van der Waals surface area contributed by atoms with Crippen LogP contribution >= 0.6 is 0 Å². The first-order valence-electron chi connectivity index (χ1n) is 17.6. The molecule has 0 bridgehead atoms. The van der Waals surface area contributed by atoms with Crippen LogP contribution in [0, 0.1) is 11.6 Å². The van der Waals surface area contributed by atoms with E-state index >= 15 is 0 Å². The van der Waals surface area contributed by atoms with Crippen LogP contribution in [0.2, 0.25) is 0 Å². The predicted octanol–water partition coefficient (Wildman–Crippen LogP) is 7.70. The highest BCUT2D eigenvalue weighted by Gasteiger charge is 2.35. The monoisotopic (exact) mass is 860 g/mol. The summed E-state index contributed by atoms with van der Waals surface area (Å²) >= 11 is 0. The van der Waals surface area contributed by atoms with Gasteiger partial charge in [-0.3, -0.25) is 4.79 Å². The number of oxazole rings is 2. The fourth-order valence-electron chi connectivity index (χ4n) is 6.25. The van der Waals surface area contributed by atoms with E-state index in [1.54, 1.807) is 47.5 Å². The number of aryl methyl sites for hydroxylation is 2. The molecule has 14 nitrogen and oxygen atoms in total. The van der Waals surface area contributed by atoms with Gasteiger partial charge in [-0.15, -0.1) is 13.2 Å². The third-order valence-corrected chi connectivity index (χ3v) is 9.14. The van der Waals surface area contributed by atoms with E-state index in [4.69, 9.17) is 23.8 Å². The van der Waals surface area contributed by atoms with Crippen LogP contribution in [0.1, 0.15) is 49.7 Å². The molecular formula is C39H28F8N6O8. The number of alkyl halides is 6. The van der Waals surface area contributed by atoms with Crippen LogP contribution in [0.4, 0.5) is 35.1 Å². The van der Waals surface area contributed by atoms with E-state index in [0.29, 0.717) is 45.9 Å². The number of fused-ring (bicyclic) bond motifs is 4. The number of nitrogens with zero attached hydrogens (tertiary/aromatic N) is 6. The van der Waals surface area contributed by atoms with Crippen LogP contribution in [0.15, 0.2) is 69.5 Å². The van der Waals surface area contributed by atoms with Crippen molar-refractivity contribution in [2.45, 2.75) is 25.4 Å². The van der Waals surface area contributed by atoms with Crippen molar-refractivity contribution in [2.24, 2.45) is 14.1 Å². The first-order valence-corrected chi connectivity index (χ1v) is 17.6. The van der Waals surface area contributed by atoms with Crippen molar-refractivity contribution in [3.05, 3.63) is 112 Å². The molecule has 8 aromatic rings. The minimum Gasteiger partial charge on any atom is -0.478 e. The number of carboxylic acids is 1. The van der Waals surface area contributed by atoms with Crippen LogP contribution in [-0.4, -0.2) is 77.2 Å². The zero-order valence-corrected chi connectivity index (χ0v) is 31.4. The molecule has 0 saturated heterocycles. The van der Waals surface area contributed by atoms with Crippen molar-refractivity contribution >= 4 is 56.0 Å². The Hall–Kier alpha value is -6.94. The number of benzene rings is 4. The molecule has 4 aromatic carbocycles. The van der Waals surface area contributed by atoms with E-state index in [9.17, 15) is 44.7 Å². The molecule has 2 N–H and O–H groups in total. The number of hydrogen-bond acceptors (Lipinski definition) is 11. The number of ether oxygens (including phenoxy) is 2. The number of carbonyl (C=O) groups excluding carboxylic acids is 1. The minimum atomic E-state index is -5.05. The smallest absolute Gasteiger partial charge is 0.478 e. The number of aliphatic hydroxyl groups is 1. The molecule has 0 radical (unpaired) electrons. The van der Waals surface area contributed by atoms with Crippen molar-refractivity contribution in [2.75, 3.05) is 19.8 Å². The van der Waals surface area contributed by atoms with E-state index in [1.807, 2.05) is 0 Å². The second-order valence-corrected chi connectivity index (χ2v) is 13.3. The largest absolute Gasteiger partial charge is 0.573 e. The lowest BCUT2D eigenvalue weighted by molar-refractivity contribution is -0.275. The summed E-state index contributed by atoms with van der Waals surface area (Å²) in [6, 6.07) is 12.3. The molecule has 318 valence electrons. The summed E-state index contributed by atoms with van der Waals surface area (Å²) in [4.78, 5) is 40.3. The van der Waals surface area contributed by atoms with Gasteiger partial charge in [-0.1, -0.05) is 0 Å². The van der Waals surface area contributed by atoms with E-state index < -0.39 is 41.5 Å². The zero-order chi connectivity index (χ0) is 44.0. The fourth-order valence-corrected chi connectivity index (χ4v) is 6.25. The summed E-state index contributed by atoms with van der Waals surface area (Å²) in [7, 11) is 3.45. The molecule has 61 heavy (non-hydrogen) atoms. The number of aromatic nitrogens is 6. The van der Waals surface area contributed by atoms with Crippen LogP contribution in [0.25, 0.3) is 44.3 Å². The topological polar surface area (TPSA) is 181 Å². The second kappa shape index (κ2) is 16.3. The summed E-state index contributed by atoms with van der Waals surface area (Å²) in [6.45, 7) is -0.305. The van der Waals surface area contributed by atoms with Crippen molar-refractivity contribution in [3.8, 4) is 5.75 Å². The number of halogens is 8. The van der Waals surface area contributed by atoms with E-state index in [-0.39, 0.29) is 78.0 Å². The van der Waals surface area contributed by atoms with E-state index in [0.717, 1.165) is 17.6 Å². The molecular weight excluding hydrogens is 832 g/mol. The number of imidazole rings is 2. The summed E-state index contributed by atoms with van der Waals surface area (Å²) in [5.74, 6) is -3.88. The van der Waals surface area contributed by atoms with Crippen molar-refractivity contribution in [1.82, 2.24) is 29.1 Å². The number of Topliss-reactive ketones (excluding diaryl/α,β-unsaturated/α-hetero) is 1. The summed E-state index contributed by atoms with van der Waals surface area (Å²) < 4.78 is 126. The molecule has 0 amide bonds. The molecule has 22 heteroatoms. The maximum absolute atomic E-state index is 13.9. The molecule has 0 spiro atoms. The molecule has 0 aliphatic rings. The first-order chi connectivity index (χ1) is 28.8. The number of carbonyl (C=O) groups is 2. The summed E-state index contributed by atoms with van der Waals surface area (Å²) in [5, 5.41) is 17.8. The van der Waals surface area contributed by atoms with E-state index in [2.05, 4.69) is 24.7 Å². The van der Waals surface area contributed by atoms with Crippen LogP contribution in [-0.2, 0) is 37.9 Å². The zero-order valence-electron chi connectivity index (χ0n) is 31.4. The highest BCUT2D eigenvalue weighted by atomic mass is 19.4. The van der Waals surface area contributed by atoms with Gasteiger partial charge in [0.2, 0.25) is 11.8 Å². The number of ketones is 1. The number of aliphatic hydroxyl groups excluding tert-OH is 1. The van der Waals surface area contributed by atoms with Gasteiger partial charge in [0.15, 0.2) is 28.5 Å². The molecule has 4 aromatic heterocycles. The molecule has 0 saturated carbocycles. The van der Waals surface area contributed by atoms with Gasteiger partial charge < -0.3 is 37.7 Å². The predicted molar refractivity (Wildman–Crippen MR) is 196 cm³/mol. The summed E-state index contributed by atoms with van der Waals surface area (Å²) in [6.07, 6.45) is -9.79. The van der Waals surface area contributed by atoms with Gasteiger partial charge in [-0.25, -0.2) is 33.5 Å². The van der Waals surface area contributed by atoms with Gasteiger partial charge in [0, 0.05) is 37.9 Å². The molecule has 0 unspecified atom stereocenters. The normalized spacial score (nSPS) is 12.1. The third-order valence-electron chi connectivity index (χ3n) is 9.14. The Labute approximate surface area is 335 Å². The number of hydrogen-bond donors (Lipinski definition) is 2. The molecule has 8 rings (SSSR count). The second-order valence-electron chi connectivity index (χ2n) is 13.3. The van der Waals surface area contributed by atoms with Crippen LogP contribution in [0.5, 0.6) is 5.75 Å². The SMILES string of the molecule is Cn1c(Cc2nc3cc(F)c(C(F)(F)F)cc3o2)nc2cc(C(=O)O)ccc21.Cn1c(Cc2nc3cc(F)c(OC(F)(F)F)cc3o2)nc2cc(C(=O)COCCO)ccc21. The van der Waals surface area contributed by atoms with Gasteiger partial charge in [0.25, 0.3) is 0 Å². The molecule has 0 aliphatic heterocycles. The van der Waals surface area contributed by atoms with Crippen LogP contribution in [0.3, 0.4) is 0 Å². The quantitative estimate of drug-likeness (QED) is 0.0736. The Kier molecular flexibility index (Phi) is 11.2. The lowest BCUT2D eigenvalue weighted by Crippen LogP contribution is -2.17. The van der Waals surface area contributed by atoms with Crippen molar-refractivity contribution in [1.29, 1.82) is 0 Å². The van der Waals surface area contributed by atoms with Crippen LogP contribution < -0.4 is 4.74 Å². The highest BCUT2D eigenvalue weighted by Crippen LogP contribution is 2.35. The molecule has 0 fully saturated rings. The lowest BCUT2D eigenvalue weighted by Gasteiger charge is -2.08. The Morgan fingerprint density at radius 3 is 1.75 bits per heavy atom. The van der Waals surface area contributed by atoms with E-state index in [1.165, 1.54) is 12.1 Å². The molecule has 4 heterocycles. The Bertz CT molecular complexity index is 2970. The Balaban J connectivity index is 0.000000186. The first kappa shape index (κ1) is 42.2. The highest BCUT2D eigenvalue weighted by molar-refractivity contribution is 6.00. The fraction of sp³-hybridized carbons (Fsp3) is 0.231. The van der Waals surface area contributed by atoms with Gasteiger partial charge in [-0.2, -0.15) is 13.2 Å². The molecule has 0 atom stereocenters. The Morgan fingerprint density at radius 2 is 1.23 bits per heavy atom.